The van der Waals surface area contributed by atoms with Crippen LogP contribution in [0.3, 0.4) is 0 Å². The number of nitrogens with one attached hydrogen (secondary N) is 2. The van der Waals surface area contributed by atoms with E-state index in [1.807, 2.05) is 30.3 Å². The first-order valence-electron chi connectivity index (χ1n) is 9.25. The number of aromatic nitrogens is 4. The molecule has 0 radical (unpaired) electrons. The largest absolute Gasteiger partial charge is 0.354 e. The van der Waals surface area contributed by atoms with E-state index in [0.29, 0.717) is 12.4 Å². The average molecular weight is 408 g/mol. The van der Waals surface area contributed by atoms with Crippen molar-refractivity contribution in [1.82, 2.24) is 25.1 Å². The molecular weight excluding hydrogens is 388 g/mol. The number of fused-ring (bicyclic) bond motifs is 1. The highest BCUT2D eigenvalue weighted by molar-refractivity contribution is 7.98. The third-order valence-electron chi connectivity index (χ3n) is 4.52. The Balaban J connectivity index is 1.42. The number of carbonyl (C=O) groups is 2. The highest BCUT2D eigenvalue weighted by Crippen LogP contribution is 2.34. The molecule has 0 bridgehead atoms. The van der Waals surface area contributed by atoms with Crippen molar-refractivity contribution < 1.29 is 9.59 Å². The van der Waals surface area contributed by atoms with Crippen molar-refractivity contribution in [3.05, 3.63) is 71.4 Å². The van der Waals surface area contributed by atoms with Crippen molar-refractivity contribution in [1.29, 1.82) is 0 Å². The van der Waals surface area contributed by atoms with Crippen LogP contribution < -0.4 is 10.6 Å². The lowest BCUT2D eigenvalue weighted by atomic mass is 10.1. The van der Waals surface area contributed by atoms with Crippen LogP contribution in [0.5, 0.6) is 0 Å². The van der Waals surface area contributed by atoms with Gasteiger partial charge in [0.1, 0.15) is 18.1 Å². The zero-order valence-corrected chi connectivity index (χ0v) is 16.5. The molecule has 0 aliphatic carbocycles. The van der Waals surface area contributed by atoms with Crippen LogP contribution in [0, 0.1) is 0 Å². The third-order valence-corrected chi connectivity index (χ3v) is 5.49. The van der Waals surface area contributed by atoms with E-state index < -0.39 is 0 Å². The van der Waals surface area contributed by atoms with Crippen LogP contribution in [-0.4, -0.2) is 38.1 Å². The number of anilines is 1. The maximum Gasteiger partial charge on any atom is 0.277 e. The summed E-state index contributed by atoms with van der Waals surface area (Å²) in [5, 5.41) is 10.3. The second-order valence-electron chi connectivity index (χ2n) is 6.55. The topological polar surface area (TPSA) is 102 Å². The van der Waals surface area contributed by atoms with Gasteiger partial charge in [-0.1, -0.05) is 30.3 Å². The van der Waals surface area contributed by atoms with Gasteiger partial charge in [-0.2, -0.15) is 16.9 Å². The predicted molar refractivity (Wildman–Crippen MR) is 110 cm³/mol. The lowest BCUT2D eigenvalue weighted by molar-refractivity contribution is -0.121. The smallest absolute Gasteiger partial charge is 0.277 e. The Bertz CT molecular complexity index is 1010. The molecule has 0 fully saturated rings. The SMILES string of the molecule is O=C(Cn1nc2c(c1NC(=O)c1cnccn1)CSC2)NCCc1ccccc1. The lowest BCUT2D eigenvalue weighted by Crippen LogP contribution is -2.30. The van der Waals surface area contributed by atoms with E-state index >= 15 is 0 Å². The fraction of sp³-hybridized carbons (Fsp3) is 0.250. The van der Waals surface area contributed by atoms with Gasteiger partial charge in [0.25, 0.3) is 5.91 Å². The minimum absolute atomic E-state index is 0.0442. The quantitative estimate of drug-likeness (QED) is 0.620. The summed E-state index contributed by atoms with van der Waals surface area (Å²) in [6.45, 7) is 0.587. The maximum absolute atomic E-state index is 12.5. The molecule has 148 valence electrons. The van der Waals surface area contributed by atoms with Crippen molar-refractivity contribution in [3.8, 4) is 0 Å². The Morgan fingerprint density at radius 1 is 1.14 bits per heavy atom. The summed E-state index contributed by atoms with van der Waals surface area (Å²) in [4.78, 5) is 32.9. The number of rotatable bonds is 7. The van der Waals surface area contributed by atoms with Crippen molar-refractivity contribution >= 4 is 29.4 Å². The van der Waals surface area contributed by atoms with Gasteiger partial charge < -0.3 is 10.6 Å². The molecule has 2 aromatic heterocycles. The van der Waals surface area contributed by atoms with Gasteiger partial charge in [-0.15, -0.1) is 0 Å². The van der Waals surface area contributed by atoms with Crippen molar-refractivity contribution in [2.45, 2.75) is 24.5 Å². The van der Waals surface area contributed by atoms with Crippen LogP contribution in [-0.2, 0) is 29.3 Å². The molecule has 0 unspecified atom stereocenters. The van der Waals surface area contributed by atoms with Crippen LogP contribution in [0.4, 0.5) is 5.82 Å². The molecule has 4 rings (SSSR count). The number of carbonyl (C=O) groups excluding carboxylic acids is 2. The second-order valence-corrected chi connectivity index (χ2v) is 7.54. The Morgan fingerprint density at radius 2 is 2.00 bits per heavy atom. The van der Waals surface area contributed by atoms with Gasteiger partial charge >= 0.3 is 0 Å². The van der Waals surface area contributed by atoms with Crippen molar-refractivity contribution in [2.75, 3.05) is 11.9 Å². The van der Waals surface area contributed by atoms with Crippen LogP contribution >= 0.6 is 11.8 Å². The Kier molecular flexibility index (Phi) is 5.85. The molecular formula is C20H20N6O2S. The van der Waals surface area contributed by atoms with E-state index in [-0.39, 0.29) is 24.1 Å². The fourth-order valence-corrected chi connectivity index (χ4v) is 4.13. The molecule has 0 spiro atoms. The summed E-state index contributed by atoms with van der Waals surface area (Å²) in [6, 6.07) is 9.98. The molecule has 1 aliphatic rings. The fourth-order valence-electron chi connectivity index (χ4n) is 3.09. The maximum atomic E-state index is 12.5. The first-order valence-corrected chi connectivity index (χ1v) is 10.4. The third kappa shape index (κ3) is 4.62. The number of thioether (sulfide) groups is 1. The summed E-state index contributed by atoms with van der Waals surface area (Å²) in [5.41, 5.74) is 3.25. The van der Waals surface area contributed by atoms with Gasteiger partial charge in [0.15, 0.2) is 0 Å². The minimum Gasteiger partial charge on any atom is -0.354 e. The number of hydrogen-bond donors (Lipinski definition) is 2. The zero-order valence-electron chi connectivity index (χ0n) is 15.7. The molecule has 2 amide bonds. The summed E-state index contributed by atoms with van der Waals surface area (Å²) >= 11 is 1.73. The van der Waals surface area contributed by atoms with Gasteiger partial charge in [0.2, 0.25) is 5.91 Å². The molecule has 29 heavy (non-hydrogen) atoms. The van der Waals surface area contributed by atoms with Gasteiger partial charge in [-0.25, -0.2) is 9.67 Å². The van der Waals surface area contributed by atoms with E-state index in [1.165, 1.54) is 24.2 Å². The predicted octanol–water partition coefficient (Wildman–Crippen LogP) is 2.03. The number of hydrogen-bond acceptors (Lipinski definition) is 6. The van der Waals surface area contributed by atoms with Crippen LogP contribution in [0.25, 0.3) is 0 Å². The normalized spacial score (nSPS) is 12.4. The van der Waals surface area contributed by atoms with Gasteiger partial charge in [-0.05, 0) is 12.0 Å². The summed E-state index contributed by atoms with van der Waals surface area (Å²) in [5.74, 6) is 1.56. The van der Waals surface area contributed by atoms with Crippen LogP contribution in [0.2, 0.25) is 0 Å². The summed E-state index contributed by atoms with van der Waals surface area (Å²) < 4.78 is 1.57. The van der Waals surface area contributed by atoms with E-state index in [4.69, 9.17) is 0 Å². The standard InChI is InChI=1S/C20H20N6O2S/c27-18(23-7-6-14-4-2-1-3-5-14)11-26-19(15-12-29-13-17(15)25-26)24-20(28)16-10-21-8-9-22-16/h1-5,8-10H,6-7,11-13H2,(H,23,27)(H,24,28). The highest BCUT2D eigenvalue weighted by atomic mass is 32.2. The first kappa shape index (κ1) is 19.1. The molecule has 3 aromatic rings. The van der Waals surface area contributed by atoms with E-state index in [2.05, 4.69) is 25.7 Å². The number of benzene rings is 1. The lowest BCUT2D eigenvalue weighted by Gasteiger charge is -2.11. The van der Waals surface area contributed by atoms with Crippen LogP contribution in [0.15, 0.2) is 48.9 Å². The molecule has 9 heteroatoms. The van der Waals surface area contributed by atoms with Crippen molar-refractivity contribution in [3.63, 3.8) is 0 Å². The molecule has 3 heterocycles. The van der Waals surface area contributed by atoms with Gasteiger partial charge in [-0.3, -0.25) is 14.6 Å². The van der Waals surface area contributed by atoms with E-state index in [9.17, 15) is 9.59 Å². The van der Waals surface area contributed by atoms with Crippen LogP contribution in [0.1, 0.15) is 27.3 Å². The molecule has 8 nitrogen and oxygen atoms in total. The first-order chi connectivity index (χ1) is 14.2. The number of amides is 2. The summed E-state index contributed by atoms with van der Waals surface area (Å²) in [6.07, 6.45) is 5.14. The van der Waals surface area contributed by atoms with Gasteiger partial charge in [0, 0.05) is 36.0 Å². The summed E-state index contributed by atoms with van der Waals surface area (Å²) in [7, 11) is 0. The number of nitrogens with zero attached hydrogens (tertiary/aromatic N) is 4. The Hall–Kier alpha value is -3.20. The highest BCUT2D eigenvalue weighted by Gasteiger charge is 2.25. The molecule has 0 saturated heterocycles. The average Bonchev–Trinajstić information content (AvgIpc) is 3.32. The Morgan fingerprint density at radius 3 is 2.79 bits per heavy atom. The molecule has 0 saturated carbocycles. The minimum atomic E-state index is -0.372. The van der Waals surface area contributed by atoms with Crippen molar-refractivity contribution in [2.24, 2.45) is 0 Å². The Labute approximate surface area is 172 Å². The van der Waals surface area contributed by atoms with Gasteiger partial charge in [0.05, 0.1) is 11.9 Å². The van der Waals surface area contributed by atoms with E-state index in [0.717, 1.165) is 29.2 Å². The zero-order chi connectivity index (χ0) is 20.1. The molecule has 1 aliphatic heterocycles. The molecule has 2 N–H and O–H groups in total. The second kappa shape index (κ2) is 8.87. The monoisotopic (exact) mass is 408 g/mol. The van der Waals surface area contributed by atoms with E-state index in [1.54, 1.807) is 16.4 Å². The molecule has 1 aromatic carbocycles. The molecule has 0 atom stereocenters.